The Hall–Kier alpha value is -1.09. The first-order chi connectivity index (χ1) is 6.93. The molecule has 1 aromatic heterocycles. The number of aliphatic hydroxyl groups excluding tert-OH is 1. The van der Waals surface area contributed by atoms with Gasteiger partial charge >= 0.3 is 0 Å². The molecule has 0 saturated heterocycles. The van der Waals surface area contributed by atoms with Gasteiger partial charge in [0.05, 0.1) is 11.8 Å². The van der Waals surface area contributed by atoms with E-state index in [0.717, 1.165) is 35.4 Å². The zero-order chi connectivity index (χ0) is 11.6. The molecule has 0 spiro atoms. The number of allylic oxidation sites excluding steroid dienone is 1. The highest BCUT2D eigenvalue weighted by Gasteiger charge is 2.17. The Labute approximate surface area is 91.4 Å². The second kappa shape index (κ2) is 4.62. The average Bonchev–Trinajstić information content (AvgIpc) is 2.37. The van der Waals surface area contributed by atoms with E-state index in [0.29, 0.717) is 0 Å². The van der Waals surface area contributed by atoms with E-state index in [1.54, 1.807) is 0 Å². The number of rotatable bonds is 4. The molecular weight excluding hydrogens is 188 g/mol. The lowest BCUT2D eigenvalue weighted by Gasteiger charge is -2.11. The molecule has 3 nitrogen and oxygen atoms in total. The summed E-state index contributed by atoms with van der Waals surface area (Å²) in [7, 11) is 1.90. The van der Waals surface area contributed by atoms with Crippen LogP contribution in [0.25, 0.3) is 0 Å². The molecule has 1 aromatic rings. The van der Waals surface area contributed by atoms with E-state index in [1.807, 2.05) is 32.5 Å². The zero-order valence-electron chi connectivity index (χ0n) is 10.0. The lowest BCUT2D eigenvalue weighted by atomic mass is 10.0. The number of aromatic nitrogens is 2. The summed E-state index contributed by atoms with van der Waals surface area (Å²) in [5, 5.41) is 14.3. The second-order valence-electron chi connectivity index (χ2n) is 4.22. The maximum absolute atomic E-state index is 10.0. The summed E-state index contributed by atoms with van der Waals surface area (Å²) in [5.74, 6) is 0. The van der Waals surface area contributed by atoms with Gasteiger partial charge in [-0.2, -0.15) is 5.10 Å². The van der Waals surface area contributed by atoms with Gasteiger partial charge in [0.2, 0.25) is 0 Å². The Bertz CT molecular complexity index is 366. The highest BCUT2D eigenvalue weighted by Crippen LogP contribution is 2.25. The first-order valence-electron chi connectivity index (χ1n) is 5.26. The topological polar surface area (TPSA) is 38.1 Å². The van der Waals surface area contributed by atoms with Crippen molar-refractivity contribution in [1.82, 2.24) is 9.78 Å². The minimum Gasteiger partial charge on any atom is -0.388 e. The van der Waals surface area contributed by atoms with Gasteiger partial charge in [-0.3, -0.25) is 4.68 Å². The SMILES string of the molecule is C=C(C)CCC(O)c1c(C)nn(C)c1C. The van der Waals surface area contributed by atoms with Gasteiger partial charge in [-0.25, -0.2) is 0 Å². The quantitative estimate of drug-likeness (QED) is 0.772. The number of aliphatic hydroxyl groups is 1. The van der Waals surface area contributed by atoms with Crippen LogP contribution in [0.1, 0.15) is 42.8 Å². The van der Waals surface area contributed by atoms with Crippen molar-refractivity contribution < 1.29 is 5.11 Å². The van der Waals surface area contributed by atoms with Gasteiger partial charge in [0.15, 0.2) is 0 Å². The van der Waals surface area contributed by atoms with Gasteiger partial charge in [-0.1, -0.05) is 5.57 Å². The van der Waals surface area contributed by atoms with Crippen LogP contribution < -0.4 is 0 Å². The maximum Gasteiger partial charge on any atom is 0.0828 e. The number of hydrogen-bond donors (Lipinski definition) is 1. The second-order valence-corrected chi connectivity index (χ2v) is 4.22. The van der Waals surface area contributed by atoms with Crippen molar-refractivity contribution in [2.75, 3.05) is 0 Å². The van der Waals surface area contributed by atoms with Crippen LogP contribution in [-0.2, 0) is 7.05 Å². The number of aryl methyl sites for hydroxylation is 2. The molecule has 0 aliphatic carbocycles. The molecule has 0 bridgehead atoms. The number of hydrogen-bond acceptors (Lipinski definition) is 2. The van der Waals surface area contributed by atoms with Gasteiger partial charge in [0.25, 0.3) is 0 Å². The molecular formula is C12H20N2O. The highest BCUT2D eigenvalue weighted by molar-refractivity contribution is 5.26. The van der Waals surface area contributed by atoms with E-state index >= 15 is 0 Å². The van der Waals surface area contributed by atoms with E-state index in [1.165, 1.54) is 0 Å². The molecule has 0 saturated carbocycles. The van der Waals surface area contributed by atoms with E-state index in [9.17, 15) is 5.11 Å². The molecule has 1 rings (SSSR count). The molecule has 15 heavy (non-hydrogen) atoms. The summed E-state index contributed by atoms with van der Waals surface area (Å²) in [5.41, 5.74) is 4.04. The predicted molar refractivity (Wildman–Crippen MR) is 61.7 cm³/mol. The lowest BCUT2D eigenvalue weighted by molar-refractivity contribution is 0.166. The van der Waals surface area contributed by atoms with E-state index < -0.39 is 6.10 Å². The van der Waals surface area contributed by atoms with Crippen molar-refractivity contribution in [3.8, 4) is 0 Å². The Morgan fingerprint density at radius 1 is 1.53 bits per heavy atom. The molecule has 0 amide bonds. The van der Waals surface area contributed by atoms with Gasteiger partial charge in [-0.05, 0) is 33.6 Å². The Morgan fingerprint density at radius 3 is 2.53 bits per heavy atom. The van der Waals surface area contributed by atoms with Crippen LogP contribution in [0.4, 0.5) is 0 Å². The first-order valence-corrected chi connectivity index (χ1v) is 5.26. The minimum absolute atomic E-state index is 0.421. The Kier molecular flexibility index (Phi) is 3.69. The highest BCUT2D eigenvalue weighted by atomic mass is 16.3. The summed E-state index contributed by atoms with van der Waals surface area (Å²) in [4.78, 5) is 0. The molecule has 1 heterocycles. The van der Waals surface area contributed by atoms with Crippen LogP contribution in [0.5, 0.6) is 0 Å². The van der Waals surface area contributed by atoms with E-state index in [2.05, 4.69) is 11.7 Å². The molecule has 84 valence electrons. The van der Waals surface area contributed by atoms with Crippen LogP contribution in [0.3, 0.4) is 0 Å². The predicted octanol–water partition coefficient (Wildman–Crippen LogP) is 2.43. The third kappa shape index (κ3) is 2.69. The molecule has 0 aliphatic rings. The third-order valence-electron chi connectivity index (χ3n) is 2.74. The molecule has 3 heteroatoms. The normalized spacial score (nSPS) is 12.9. The van der Waals surface area contributed by atoms with Crippen molar-refractivity contribution >= 4 is 0 Å². The molecule has 1 atom stereocenters. The minimum atomic E-state index is -0.421. The molecule has 0 radical (unpaired) electrons. The fraction of sp³-hybridized carbons (Fsp3) is 0.583. The molecule has 0 aliphatic heterocycles. The monoisotopic (exact) mass is 208 g/mol. The Morgan fingerprint density at radius 2 is 2.13 bits per heavy atom. The van der Waals surface area contributed by atoms with Crippen LogP contribution >= 0.6 is 0 Å². The van der Waals surface area contributed by atoms with Crippen molar-refractivity contribution in [2.24, 2.45) is 7.05 Å². The van der Waals surface area contributed by atoms with E-state index in [-0.39, 0.29) is 0 Å². The fourth-order valence-electron chi connectivity index (χ4n) is 1.80. The van der Waals surface area contributed by atoms with Crippen molar-refractivity contribution in [3.05, 3.63) is 29.1 Å². The van der Waals surface area contributed by atoms with E-state index in [4.69, 9.17) is 0 Å². The summed E-state index contributed by atoms with van der Waals surface area (Å²) in [6.45, 7) is 9.74. The standard InChI is InChI=1S/C12H20N2O/c1-8(2)6-7-11(15)12-9(3)13-14(5)10(12)4/h11,15H,1,6-7H2,2-5H3. The largest absolute Gasteiger partial charge is 0.388 e. The van der Waals surface area contributed by atoms with Gasteiger partial charge in [0.1, 0.15) is 0 Å². The van der Waals surface area contributed by atoms with Gasteiger partial charge in [-0.15, -0.1) is 6.58 Å². The molecule has 0 fully saturated rings. The van der Waals surface area contributed by atoms with Crippen molar-refractivity contribution in [1.29, 1.82) is 0 Å². The van der Waals surface area contributed by atoms with Crippen LogP contribution in [0.2, 0.25) is 0 Å². The molecule has 1 N–H and O–H groups in total. The third-order valence-corrected chi connectivity index (χ3v) is 2.74. The van der Waals surface area contributed by atoms with Crippen LogP contribution in [-0.4, -0.2) is 14.9 Å². The summed E-state index contributed by atoms with van der Waals surface area (Å²) in [6, 6.07) is 0. The van der Waals surface area contributed by atoms with Crippen molar-refractivity contribution in [2.45, 2.75) is 39.7 Å². The number of nitrogens with zero attached hydrogens (tertiary/aromatic N) is 2. The van der Waals surface area contributed by atoms with Crippen LogP contribution in [0, 0.1) is 13.8 Å². The maximum atomic E-state index is 10.0. The summed E-state index contributed by atoms with van der Waals surface area (Å²) in [6.07, 6.45) is 1.16. The fourth-order valence-corrected chi connectivity index (χ4v) is 1.80. The lowest BCUT2D eigenvalue weighted by Crippen LogP contribution is -2.01. The first kappa shape index (κ1) is 12.0. The van der Waals surface area contributed by atoms with Crippen LogP contribution in [0.15, 0.2) is 12.2 Å². The van der Waals surface area contributed by atoms with Gasteiger partial charge < -0.3 is 5.11 Å². The summed E-state index contributed by atoms with van der Waals surface area (Å²) >= 11 is 0. The van der Waals surface area contributed by atoms with Gasteiger partial charge in [0, 0.05) is 18.3 Å². The average molecular weight is 208 g/mol. The summed E-state index contributed by atoms with van der Waals surface area (Å²) < 4.78 is 1.81. The molecule has 1 unspecified atom stereocenters. The zero-order valence-corrected chi connectivity index (χ0v) is 10.0. The smallest absolute Gasteiger partial charge is 0.0828 e. The van der Waals surface area contributed by atoms with Crippen molar-refractivity contribution in [3.63, 3.8) is 0 Å². The Balaban J connectivity index is 2.81. The molecule has 0 aromatic carbocycles.